The molecule has 1 fully saturated rings. The molecule has 0 N–H and O–H groups in total. The van der Waals surface area contributed by atoms with E-state index < -0.39 is 0 Å². The van der Waals surface area contributed by atoms with E-state index in [4.69, 9.17) is 0 Å². The summed E-state index contributed by atoms with van der Waals surface area (Å²) in [7, 11) is 0. The normalized spacial score (nSPS) is 22.1. The van der Waals surface area contributed by atoms with Crippen molar-refractivity contribution in [2.24, 2.45) is 0 Å². The van der Waals surface area contributed by atoms with Crippen molar-refractivity contribution in [3.05, 3.63) is 5.25 Å². The van der Waals surface area contributed by atoms with Crippen LogP contribution in [0.4, 0.5) is 0 Å². The van der Waals surface area contributed by atoms with E-state index in [2.05, 4.69) is 12.6 Å². The topological polar surface area (TPSA) is 0 Å². The fourth-order valence-electron chi connectivity index (χ4n) is 0.960. The first-order chi connectivity index (χ1) is 3.39. The van der Waals surface area contributed by atoms with Gasteiger partial charge in [-0.2, -0.15) is 12.8 Å². The third-order valence-corrected chi connectivity index (χ3v) is 1.88. The van der Waals surface area contributed by atoms with Crippen LogP contribution in [0.2, 0.25) is 0 Å². The van der Waals surface area contributed by atoms with Crippen LogP contribution < -0.4 is 0 Å². The van der Waals surface area contributed by atoms with Crippen LogP contribution in [0.3, 0.4) is 0 Å². The maximum absolute atomic E-state index is 4.28. The zero-order chi connectivity index (χ0) is 5.11. The molecule has 0 saturated heterocycles. The van der Waals surface area contributed by atoms with Gasteiger partial charge in [-0.15, -0.1) is 0 Å². The van der Waals surface area contributed by atoms with Crippen LogP contribution in [-0.4, -0.2) is 0 Å². The van der Waals surface area contributed by atoms with Crippen LogP contribution in [0.25, 0.3) is 0 Å². The van der Waals surface area contributed by atoms with Gasteiger partial charge >= 0.3 is 0 Å². The minimum absolute atomic E-state index is 0. The summed E-state index contributed by atoms with van der Waals surface area (Å²) in [4.78, 5) is 0. The van der Waals surface area contributed by atoms with E-state index in [1.165, 1.54) is 37.4 Å². The third kappa shape index (κ3) is 3.14. The second kappa shape index (κ2) is 4.87. The van der Waals surface area contributed by atoms with Crippen molar-refractivity contribution in [3.8, 4) is 0 Å². The summed E-state index contributed by atoms with van der Waals surface area (Å²) in [6.45, 7) is 0. The van der Waals surface area contributed by atoms with Gasteiger partial charge < -0.3 is 12.6 Å². The van der Waals surface area contributed by atoms with Gasteiger partial charge in [-0.3, -0.25) is 5.25 Å². The first kappa shape index (κ1) is 9.04. The van der Waals surface area contributed by atoms with Crippen molar-refractivity contribution in [1.29, 1.82) is 0 Å². The van der Waals surface area contributed by atoms with Crippen LogP contribution in [0.5, 0.6) is 0 Å². The van der Waals surface area contributed by atoms with Crippen LogP contribution in [0.1, 0.15) is 32.1 Å². The van der Waals surface area contributed by atoms with E-state index >= 15 is 0 Å². The predicted octanol–water partition coefficient (Wildman–Crippen LogP) is 2.41. The molecule has 8 heavy (non-hydrogen) atoms. The molecule has 1 saturated carbocycles. The van der Waals surface area contributed by atoms with Crippen molar-refractivity contribution >= 4 is 12.6 Å². The molecule has 0 aromatic rings. The molecule has 0 heterocycles. The Bertz CT molecular complexity index is 50.5. The van der Waals surface area contributed by atoms with Crippen LogP contribution in [0, 0.1) is 5.25 Å². The molecule has 0 bridgehead atoms. The summed E-state index contributed by atoms with van der Waals surface area (Å²) in [6, 6.07) is 0. The number of rotatable bonds is 0. The summed E-state index contributed by atoms with van der Waals surface area (Å²) in [5.41, 5.74) is 0. The van der Waals surface area contributed by atoms with Crippen molar-refractivity contribution in [2.75, 3.05) is 0 Å². The monoisotopic (exact) mass is 213 g/mol. The molecule has 0 amide bonds. The van der Waals surface area contributed by atoms with Gasteiger partial charge in [0.2, 0.25) is 0 Å². The summed E-state index contributed by atoms with van der Waals surface area (Å²) in [5.74, 6) is 0. The summed E-state index contributed by atoms with van der Waals surface area (Å²) in [6.07, 6.45) is 6.70. The Hall–Kier alpha value is 1.04. The Labute approximate surface area is 71.1 Å². The van der Waals surface area contributed by atoms with Crippen LogP contribution >= 0.6 is 12.6 Å². The molecule has 0 aliphatic heterocycles. The molecular formula is C6H11MoS-. The van der Waals surface area contributed by atoms with Crippen LogP contribution in [-0.2, 0) is 21.1 Å². The first-order valence-corrected chi connectivity index (χ1v) is 3.38. The Kier molecular flexibility index (Phi) is 5.51. The van der Waals surface area contributed by atoms with E-state index in [0.29, 0.717) is 0 Å². The van der Waals surface area contributed by atoms with E-state index in [0.717, 1.165) is 0 Å². The SMILES string of the molecule is S[C-]1CCCCC1.[Mo]. The molecule has 0 unspecified atom stereocenters. The van der Waals surface area contributed by atoms with Crippen molar-refractivity contribution in [2.45, 2.75) is 32.1 Å². The number of hydrogen-bond donors (Lipinski definition) is 1. The number of thiol groups is 1. The van der Waals surface area contributed by atoms with E-state index in [1.54, 1.807) is 0 Å². The molecule has 0 aromatic heterocycles. The second-order valence-electron chi connectivity index (χ2n) is 2.13. The Morgan fingerprint density at radius 3 is 1.75 bits per heavy atom. The average molecular weight is 211 g/mol. The molecule has 0 atom stereocenters. The van der Waals surface area contributed by atoms with Gasteiger partial charge in [0.05, 0.1) is 0 Å². The van der Waals surface area contributed by atoms with E-state index in [-0.39, 0.29) is 21.1 Å². The average Bonchev–Trinajstić information content (AvgIpc) is 1.69. The zero-order valence-corrected chi connectivity index (χ0v) is 7.79. The first-order valence-electron chi connectivity index (χ1n) is 2.93. The van der Waals surface area contributed by atoms with E-state index in [9.17, 15) is 0 Å². The molecular weight excluding hydrogens is 200 g/mol. The molecule has 0 spiro atoms. The van der Waals surface area contributed by atoms with Crippen molar-refractivity contribution < 1.29 is 21.1 Å². The molecule has 1 aliphatic rings. The standard InChI is InChI=1S/C6H11S.Mo/c7-6-4-2-1-3-5-6;/h7H,1-5H2;/q-1;. The zero-order valence-electron chi connectivity index (χ0n) is 4.89. The van der Waals surface area contributed by atoms with Gasteiger partial charge in [0.15, 0.2) is 0 Å². The van der Waals surface area contributed by atoms with Gasteiger partial charge in [0.1, 0.15) is 0 Å². The summed E-state index contributed by atoms with van der Waals surface area (Å²) < 4.78 is 0. The Balaban J connectivity index is 0.000000490. The fraction of sp³-hybridized carbons (Fsp3) is 0.833. The van der Waals surface area contributed by atoms with Gasteiger partial charge in [0.25, 0.3) is 0 Å². The molecule has 0 nitrogen and oxygen atoms in total. The molecule has 48 valence electrons. The number of hydrogen-bond acceptors (Lipinski definition) is 1. The molecule has 2 heteroatoms. The van der Waals surface area contributed by atoms with Crippen LogP contribution in [0.15, 0.2) is 0 Å². The smallest absolute Gasteiger partial charge is 0 e. The van der Waals surface area contributed by atoms with Gasteiger partial charge in [-0.25, -0.2) is 0 Å². The fourth-order valence-corrected chi connectivity index (χ4v) is 1.28. The molecule has 0 radical (unpaired) electrons. The molecule has 1 aliphatic carbocycles. The largest absolute Gasteiger partial charge is 0.366 e. The second-order valence-corrected chi connectivity index (χ2v) is 2.76. The quantitative estimate of drug-likeness (QED) is 0.355. The Morgan fingerprint density at radius 2 is 1.50 bits per heavy atom. The van der Waals surface area contributed by atoms with E-state index in [1.807, 2.05) is 0 Å². The van der Waals surface area contributed by atoms with Crippen molar-refractivity contribution in [1.82, 2.24) is 0 Å². The van der Waals surface area contributed by atoms with Crippen molar-refractivity contribution in [3.63, 3.8) is 0 Å². The predicted molar refractivity (Wildman–Crippen MR) is 35.3 cm³/mol. The summed E-state index contributed by atoms with van der Waals surface area (Å²) >= 11 is 4.28. The summed E-state index contributed by atoms with van der Waals surface area (Å²) in [5, 5.41) is 1.41. The maximum Gasteiger partial charge on any atom is 0 e. The van der Waals surface area contributed by atoms with Gasteiger partial charge in [-0.1, -0.05) is 19.3 Å². The van der Waals surface area contributed by atoms with Gasteiger partial charge in [0, 0.05) is 21.1 Å². The minimum atomic E-state index is 0. The minimum Gasteiger partial charge on any atom is -0.366 e. The molecule has 0 aromatic carbocycles. The molecule has 1 rings (SSSR count). The maximum atomic E-state index is 4.28. The van der Waals surface area contributed by atoms with Gasteiger partial charge in [-0.05, 0) is 0 Å². The Morgan fingerprint density at radius 1 is 1.00 bits per heavy atom. The third-order valence-electron chi connectivity index (χ3n) is 1.43.